The Morgan fingerprint density at radius 1 is 1.43 bits per heavy atom. The molecule has 0 radical (unpaired) electrons. The molecule has 21 heavy (non-hydrogen) atoms. The van der Waals surface area contributed by atoms with Crippen LogP contribution in [0.3, 0.4) is 0 Å². The lowest BCUT2D eigenvalue weighted by Crippen LogP contribution is -2.32. The zero-order valence-electron chi connectivity index (χ0n) is 13.1. The molecule has 5 nitrogen and oxygen atoms in total. The summed E-state index contributed by atoms with van der Waals surface area (Å²) in [6, 6.07) is 0.0785. The summed E-state index contributed by atoms with van der Waals surface area (Å²) in [5.74, 6) is 0. The second-order valence-corrected chi connectivity index (χ2v) is 6.55. The summed E-state index contributed by atoms with van der Waals surface area (Å²) < 4.78 is 21.5. The van der Waals surface area contributed by atoms with E-state index in [2.05, 4.69) is 18.3 Å². The number of amides is 1. The molecule has 0 aliphatic heterocycles. The van der Waals surface area contributed by atoms with Gasteiger partial charge in [0.05, 0.1) is 19.3 Å². The van der Waals surface area contributed by atoms with Crippen LogP contribution in [0.4, 0.5) is 4.79 Å². The van der Waals surface area contributed by atoms with Gasteiger partial charge in [-0.05, 0) is 43.6 Å². The van der Waals surface area contributed by atoms with E-state index >= 15 is 0 Å². The van der Waals surface area contributed by atoms with Crippen molar-refractivity contribution in [3.63, 3.8) is 0 Å². The van der Waals surface area contributed by atoms with Crippen molar-refractivity contribution in [1.29, 1.82) is 0 Å². The molecule has 6 heteroatoms. The van der Waals surface area contributed by atoms with Crippen molar-refractivity contribution in [1.82, 2.24) is 5.32 Å². The van der Waals surface area contributed by atoms with Crippen molar-refractivity contribution < 1.29 is 18.6 Å². The van der Waals surface area contributed by atoms with E-state index in [-0.39, 0.29) is 12.1 Å². The third-order valence-corrected chi connectivity index (χ3v) is 4.59. The molecule has 120 valence electrons. The van der Waals surface area contributed by atoms with Gasteiger partial charge in [0, 0.05) is 0 Å². The molecule has 2 atom stereocenters. The number of allylic oxidation sites excluding steroid dienone is 1. The third-order valence-electron chi connectivity index (χ3n) is 3.36. The molecule has 0 bridgehead atoms. The molecular formula is C15H27NO4P+. The Morgan fingerprint density at radius 2 is 2.24 bits per heavy atom. The fourth-order valence-corrected chi connectivity index (χ4v) is 3.09. The average Bonchev–Trinajstić information content (AvgIpc) is 2.87. The first-order chi connectivity index (χ1) is 10.2. The lowest BCUT2D eigenvalue weighted by Gasteiger charge is -2.10. The van der Waals surface area contributed by atoms with Crippen molar-refractivity contribution in [3.8, 4) is 0 Å². The highest BCUT2D eigenvalue weighted by Crippen LogP contribution is 2.27. The average molecular weight is 316 g/mol. The number of hydrogen-bond acceptors (Lipinski definition) is 4. The van der Waals surface area contributed by atoms with Crippen LogP contribution in [-0.4, -0.2) is 31.5 Å². The second-order valence-electron chi connectivity index (χ2n) is 5.18. The zero-order valence-corrected chi connectivity index (χ0v) is 14.0. The highest BCUT2D eigenvalue weighted by Gasteiger charge is 2.20. The van der Waals surface area contributed by atoms with Crippen LogP contribution in [0.15, 0.2) is 11.6 Å². The van der Waals surface area contributed by atoms with E-state index in [9.17, 15) is 9.36 Å². The molecule has 0 aromatic rings. The van der Waals surface area contributed by atoms with Gasteiger partial charge < -0.3 is 10.1 Å². The number of unbranched alkanes of at least 4 members (excludes halogenated alkanes) is 1. The first-order valence-corrected chi connectivity index (χ1v) is 9.22. The largest absolute Gasteiger partial charge is 0.508 e. The van der Waals surface area contributed by atoms with Crippen LogP contribution in [0, 0.1) is 0 Å². The highest BCUT2D eigenvalue weighted by atomic mass is 31.1. The van der Waals surface area contributed by atoms with Crippen molar-refractivity contribution in [2.45, 2.75) is 58.4 Å². The number of carbonyl (C=O) groups excluding carboxylic acids is 1. The lowest BCUT2D eigenvalue weighted by molar-refractivity contribution is 0.142. The standard InChI is InChI=1S/C15H26NO4P/c1-3-5-10-19-15(17)16-14-9-8-13(12-14)7-6-11-21(18)20-4-2/h12,14H,3-11H2,1-2H3/p+1. The maximum Gasteiger partial charge on any atom is 0.508 e. The maximum absolute atomic E-state index is 11.5. The quantitative estimate of drug-likeness (QED) is 0.373. The van der Waals surface area contributed by atoms with Gasteiger partial charge in [-0.15, -0.1) is 4.52 Å². The first kappa shape index (κ1) is 18.1. The third kappa shape index (κ3) is 8.18. The van der Waals surface area contributed by atoms with Crippen LogP contribution >= 0.6 is 8.03 Å². The van der Waals surface area contributed by atoms with Gasteiger partial charge in [-0.25, -0.2) is 4.79 Å². The van der Waals surface area contributed by atoms with Crippen molar-refractivity contribution in [2.75, 3.05) is 19.4 Å². The summed E-state index contributed by atoms with van der Waals surface area (Å²) in [4.78, 5) is 11.5. The van der Waals surface area contributed by atoms with Gasteiger partial charge in [-0.3, -0.25) is 0 Å². The predicted octanol–water partition coefficient (Wildman–Crippen LogP) is 4.16. The van der Waals surface area contributed by atoms with Crippen LogP contribution in [0.25, 0.3) is 0 Å². The maximum atomic E-state index is 11.5. The van der Waals surface area contributed by atoms with E-state index in [1.54, 1.807) is 0 Å². The molecule has 2 unspecified atom stereocenters. The molecular weight excluding hydrogens is 289 g/mol. The number of nitrogens with one attached hydrogen (secondary N) is 1. The Bertz CT molecular complexity index is 371. The van der Waals surface area contributed by atoms with Crippen molar-refractivity contribution in [2.24, 2.45) is 0 Å². The van der Waals surface area contributed by atoms with E-state index < -0.39 is 8.03 Å². The molecule has 0 heterocycles. The van der Waals surface area contributed by atoms with Gasteiger partial charge in [0.25, 0.3) is 0 Å². The van der Waals surface area contributed by atoms with E-state index in [1.807, 2.05) is 6.92 Å². The number of alkyl carbamates (subject to hydrolysis) is 1. The minimum atomic E-state index is -1.50. The monoisotopic (exact) mass is 316 g/mol. The SMILES string of the molecule is CCCCOC(=O)NC1C=C(CCC[P+](=O)OCC)CC1. The highest BCUT2D eigenvalue weighted by molar-refractivity contribution is 7.39. The molecule has 1 rings (SSSR count). The molecule has 0 saturated carbocycles. The Kier molecular flexibility index (Phi) is 9.27. The minimum Gasteiger partial charge on any atom is -0.450 e. The fraction of sp³-hybridized carbons (Fsp3) is 0.800. The molecule has 1 amide bonds. The summed E-state index contributed by atoms with van der Waals surface area (Å²) in [6.07, 6.45) is 8.02. The number of hydrogen-bond donors (Lipinski definition) is 1. The lowest BCUT2D eigenvalue weighted by atomic mass is 10.1. The first-order valence-electron chi connectivity index (χ1n) is 7.86. The molecule has 1 aliphatic rings. The Morgan fingerprint density at radius 3 is 2.95 bits per heavy atom. The zero-order chi connectivity index (χ0) is 15.5. The van der Waals surface area contributed by atoms with Crippen LogP contribution < -0.4 is 5.32 Å². The summed E-state index contributed by atoms with van der Waals surface area (Å²) in [6.45, 7) is 4.90. The van der Waals surface area contributed by atoms with Crippen LogP contribution in [0.5, 0.6) is 0 Å². The summed E-state index contributed by atoms with van der Waals surface area (Å²) in [7, 11) is -1.50. The smallest absolute Gasteiger partial charge is 0.450 e. The van der Waals surface area contributed by atoms with E-state index in [4.69, 9.17) is 9.26 Å². The topological polar surface area (TPSA) is 64.6 Å². The Balaban J connectivity index is 2.18. The van der Waals surface area contributed by atoms with Gasteiger partial charge in [0.15, 0.2) is 6.16 Å². The van der Waals surface area contributed by atoms with Crippen LogP contribution in [0.1, 0.15) is 52.4 Å². The van der Waals surface area contributed by atoms with Crippen LogP contribution in [0.2, 0.25) is 0 Å². The summed E-state index contributed by atoms with van der Waals surface area (Å²) in [5, 5.41) is 2.87. The number of carbonyl (C=O) groups is 1. The van der Waals surface area contributed by atoms with Crippen molar-refractivity contribution in [3.05, 3.63) is 11.6 Å². The molecule has 1 aliphatic carbocycles. The molecule has 1 N–H and O–H groups in total. The number of rotatable bonds is 10. The van der Waals surface area contributed by atoms with Gasteiger partial charge in [0.1, 0.15) is 0 Å². The van der Waals surface area contributed by atoms with Gasteiger partial charge in [-0.1, -0.05) is 25.0 Å². The molecule has 0 saturated heterocycles. The number of ether oxygens (including phenoxy) is 1. The van der Waals surface area contributed by atoms with Crippen LogP contribution in [-0.2, 0) is 13.8 Å². The molecule has 0 fully saturated rings. The Labute approximate surface area is 128 Å². The van der Waals surface area contributed by atoms with E-state index in [0.717, 1.165) is 38.5 Å². The molecule has 0 aromatic heterocycles. The Hall–Kier alpha value is -0.930. The predicted molar refractivity (Wildman–Crippen MR) is 83.8 cm³/mol. The van der Waals surface area contributed by atoms with Gasteiger partial charge in [0.2, 0.25) is 0 Å². The summed E-state index contributed by atoms with van der Waals surface area (Å²) in [5.41, 5.74) is 1.33. The minimum absolute atomic E-state index is 0.0785. The fourth-order valence-electron chi connectivity index (χ4n) is 2.26. The summed E-state index contributed by atoms with van der Waals surface area (Å²) >= 11 is 0. The van der Waals surface area contributed by atoms with Crippen molar-refractivity contribution >= 4 is 14.1 Å². The van der Waals surface area contributed by atoms with E-state index in [0.29, 0.717) is 19.4 Å². The molecule has 0 spiro atoms. The van der Waals surface area contributed by atoms with Gasteiger partial charge >= 0.3 is 14.1 Å². The normalized spacial score (nSPS) is 18.3. The molecule has 0 aromatic carbocycles. The second kappa shape index (κ2) is 10.7. The van der Waals surface area contributed by atoms with E-state index in [1.165, 1.54) is 5.57 Å². The van der Waals surface area contributed by atoms with Gasteiger partial charge in [-0.2, -0.15) is 0 Å².